The lowest BCUT2D eigenvalue weighted by Gasteiger charge is -2.20. The van der Waals surface area contributed by atoms with Gasteiger partial charge in [0.2, 0.25) is 0 Å². The van der Waals surface area contributed by atoms with Crippen LogP contribution in [-0.2, 0) is 0 Å². The minimum Gasteiger partial charge on any atom is -0.324 e. The van der Waals surface area contributed by atoms with Crippen molar-refractivity contribution in [2.45, 2.75) is 26.3 Å². The number of halogens is 4. The van der Waals surface area contributed by atoms with Crippen molar-refractivity contribution in [1.82, 2.24) is 0 Å². The molecule has 0 spiro atoms. The summed E-state index contributed by atoms with van der Waals surface area (Å²) in [7, 11) is 0. The van der Waals surface area contributed by atoms with Gasteiger partial charge >= 0.3 is 0 Å². The number of hydrogen-bond acceptors (Lipinski definition) is 1. The van der Waals surface area contributed by atoms with Crippen molar-refractivity contribution in [3.8, 4) is 0 Å². The molecule has 0 fully saturated rings. The van der Waals surface area contributed by atoms with E-state index in [1.54, 1.807) is 0 Å². The highest BCUT2D eigenvalue weighted by Crippen LogP contribution is 2.30. The van der Waals surface area contributed by atoms with Gasteiger partial charge in [-0.25, -0.2) is 8.78 Å². The monoisotopic (exact) mass is 269 g/mol. The topological polar surface area (TPSA) is 26.0 Å². The van der Waals surface area contributed by atoms with Crippen LogP contribution >= 0.6 is 24.0 Å². The molecule has 92 valence electrons. The molecule has 0 bridgehead atoms. The van der Waals surface area contributed by atoms with Gasteiger partial charge in [-0.1, -0.05) is 31.9 Å². The Hall–Kier alpha value is -0.380. The molecule has 0 amide bonds. The minimum atomic E-state index is -0.746. The van der Waals surface area contributed by atoms with Crippen LogP contribution in [0.1, 0.15) is 31.9 Å². The second kappa shape index (κ2) is 6.38. The zero-order chi connectivity index (χ0) is 11.6. The molecule has 0 heterocycles. The molecule has 1 aromatic rings. The molecule has 0 aliphatic rings. The SMILES string of the molecule is CCC(C)[C@H](N)c1c(F)ccc(Cl)c1F.Cl. The molecule has 5 heteroatoms. The van der Waals surface area contributed by atoms with E-state index in [4.69, 9.17) is 17.3 Å². The predicted molar refractivity (Wildman–Crippen MR) is 65.0 cm³/mol. The zero-order valence-electron chi connectivity index (χ0n) is 9.14. The first-order chi connectivity index (χ1) is 6.99. The average Bonchev–Trinajstić information content (AvgIpc) is 2.22. The number of hydrogen-bond donors (Lipinski definition) is 1. The summed E-state index contributed by atoms with van der Waals surface area (Å²) in [4.78, 5) is 0. The Kier molecular flexibility index (Phi) is 6.23. The minimum absolute atomic E-state index is 0. The van der Waals surface area contributed by atoms with Crippen molar-refractivity contribution in [1.29, 1.82) is 0 Å². The highest BCUT2D eigenvalue weighted by atomic mass is 35.5. The zero-order valence-corrected chi connectivity index (χ0v) is 10.7. The fourth-order valence-corrected chi connectivity index (χ4v) is 1.55. The Morgan fingerprint density at radius 1 is 1.38 bits per heavy atom. The molecule has 0 saturated carbocycles. The van der Waals surface area contributed by atoms with Crippen molar-refractivity contribution in [2.24, 2.45) is 11.7 Å². The molecule has 0 radical (unpaired) electrons. The largest absolute Gasteiger partial charge is 0.324 e. The lowest BCUT2D eigenvalue weighted by Crippen LogP contribution is -2.21. The maximum absolute atomic E-state index is 13.6. The van der Waals surface area contributed by atoms with Crippen molar-refractivity contribution < 1.29 is 8.78 Å². The van der Waals surface area contributed by atoms with Crippen LogP contribution in [0.2, 0.25) is 5.02 Å². The normalized spacial score (nSPS) is 14.1. The highest BCUT2D eigenvalue weighted by Gasteiger charge is 2.22. The van der Waals surface area contributed by atoms with Crippen LogP contribution in [0.25, 0.3) is 0 Å². The van der Waals surface area contributed by atoms with Gasteiger partial charge in [-0.2, -0.15) is 0 Å². The third-order valence-electron chi connectivity index (χ3n) is 2.67. The maximum atomic E-state index is 13.6. The predicted octanol–water partition coefficient (Wildman–Crippen LogP) is 4.09. The van der Waals surface area contributed by atoms with E-state index >= 15 is 0 Å². The van der Waals surface area contributed by atoms with Gasteiger partial charge in [0.05, 0.1) is 5.02 Å². The van der Waals surface area contributed by atoms with Gasteiger partial charge in [0.1, 0.15) is 11.6 Å². The Balaban J connectivity index is 0.00000225. The Morgan fingerprint density at radius 3 is 2.44 bits per heavy atom. The van der Waals surface area contributed by atoms with Gasteiger partial charge in [-0.3, -0.25) is 0 Å². The standard InChI is InChI=1S/C11H14ClF2N.ClH/c1-3-6(2)11(15)9-8(13)5-4-7(12)10(9)14;/h4-6,11H,3,15H2,1-2H3;1H/t6?,11-;/m0./s1. The Bertz CT molecular complexity index is 358. The summed E-state index contributed by atoms with van der Waals surface area (Å²) in [6.45, 7) is 3.77. The van der Waals surface area contributed by atoms with E-state index in [1.807, 2.05) is 13.8 Å². The Morgan fingerprint density at radius 2 is 1.94 bits per heavy atom. The van der Waals surface area contributed by atoms with Gasteiger partial charge in [0, 0.05) is 11.6 Å². The van der Waals surface area contributed by atoms with Gasteiger partial charge in [-0.15, -0.1) is 12.4 Å². The first kappa shape index (κ1) is 15.6. The van der Waals surface area contributed by atoms with Crippen molar-refractivity contribution >= 4 is 24.0 Å². The summed E-state index contributed by atoms with van der Waals surface area (Å²) >= 11 is 5.58. The molecule has 1 rings (SSSR count). The van der Waals surface area contributed by atoms with Crippen LogP contribution in [-0.4, -0.2) is 0 Å². The smallest absolute Gasteiger partial charge is 0.149 e. The van der Waals surface area contributed by atoms with E-state index in [2.05, 4.69) is 0 Å². The lowest BCUT2D eigenvalue weighted by molar-refractivity contribution is 0.419. The number of nitrogens with two attached hydrogens (primary N) is 1. The summed E-state index contributed by atoms with van der Waals surface area (Å²) in [6.07, 6.45) is 0.757. The van der Waals surface area contributed by atoms with Crippen LogP contribution in [0.4, 0.5) is 8.78 Å². The molecule has 2 N–H and O–H groups in total. The van der Waals surface area contributed by atoms with E-state index in [0.29, 0.717) is 0 Å². The quantitative estimate of drug-likeness (QED) is 0.822. The fraction of sp³-hybridized carbons (Fsp3) is 0.455. The van der Waals surface area contributed by atoms with Crippen LogP contribution in [0.5, 0.6) is 0 Å². The van der Waals surface area contributed by atoms with Crippen LogP contribution < -0.4 is 5.73 Å². The molecule has 16 heavy (non-hydrogen) atoms. The second-order valence-corrected chi connectivity index (χ2v) is 4.08. The Labute approximate surface area is 105 Å². The molecule has 1 unspecified atom stereocenters. The summed E-state index contributed by atoms with van der Waals surface area (Å²) in [5.41, 5.74) is 5.67. The summed E-state index contributed by atoms with van der Waals surface area (Å²) < 4.78 is 27.0. The van der Waals surface area contributed by atoms with E-state index in [1.165, 1.54) is 6.07 Å². The van der Waals surface area contributed by atoms with Crippen LogP contribution in [0.15, 0.2) is 12.1 Å². The van der Waals surface area contributed by atoms with Gasteiger partial charge in [0.15, 0.2) is 0 Å². The molecule has 1 aromatic carbocycles. The first-order valence-electron chi connectivity index (χ1n) is 4.88. The van der Waals surface area contributed by atoms with Crippen molar-refractivity contribution in [2.75, 3.05) is 0 Å². The molecular formula is C11H15Cl2F2N. The molecule has 0 aliphatic carbocycles. The highest BCUT2D eigenvalue weighted by molar-refractivity contribution is 6.30. The second-order valence-electron chi connectivity index (χ2n) is 3.67. The summed E-state index contributed by atoms with van der Waals surface area (Å²) in [5.74, 6) is -1.37. The molecule has 0 saturated heterocycles. The van der Waals surface area contributed by atoms with Crippen molar-refractivity contribution in [3.05, 3.63) is 34.4 Å². The summed E-state index contributed by atoms with van der Waals surface area (Å²) in [5, 5.41) is -0.0925. The van der Waals surface area contributed by atoms with E-state index < -0.39 is 17.7 Å². The number of benzene rings is 1. The van der Waals surface area contributed by atoms with E-state index in [9.17, 15) is 8.78 Å². The molecule has 1 nitrogen and oxygen atoms in total. The lowest BCUT2D eigenvalue weighted by atomic mass is 9.92. The molecular weight excluding hydrogens is 255 g/mol. The van der Waals surface area contributed by atoms with Gasteiger partial charge in [-0.05, 0) is 18.1 Å². The number of rotatable bonds is 3. The van der Waals surface area contributed by atoms with Crippen LogP contribution in [0, 0.1) is 17.6 Å². The van der Waals surface area contributed by atoms with Crippen molar-refractivity contribution in [3.63, 3.8) is 0 Å². The first-order valence-corrected chi connectivity index (χ1v) is 5.25. The fourth-order valence-electron chi connectivity index (χ4n) is 1.39. The molecule has 2 atom stereocenters. The average molecular weight is 270 g/mol. The summed E-state index contributed by atoms with van der Waals surface area (Å²) in [6, 6.07) is 1.68. The third-order valence-corrected chi connectivity index (χ3v) is 2.96. The van der Waals surface area contributed by atoms with E-state index in [-0.39, 0.29) is 28.9 Å². The maximum Gasteiger partial charge on any atom is 0.149 e. The molecule has 0 aliphatic heterocycles. The van der Waals surface area contributed by atoms with Gasteiger partial charge in [0.25, 0.3) is 0 Å². The molecule has 0 aromatic heterocycles. The van der Waals surface area contributed by atoms with E-state index in [0.717, 1.165) is 12.5 Å². The van der Waals surface area contributed by atoms with Crippen LogP contribution in [0.3, 0.4) is 0 Å². The van der Waals surface area contributed by atoms with Gasteiger partial charge < -0.3 is 5.73 Å². The third kappa shape index (κ3) is 3.06.